The molecule has 1 aromatic heterocycles. The van der Waals surface area contributed by atoms with Crippen molar-refractivity contribution >= 4 is 27.3 Å². The van der Waals surface area contributed by atoms with Crippen LogP contribution in [0.4, 0.5) is 17.3 Å². The quantitative estimate of drug-likeness (QED) is 0.364. The van der Waals surface area contributed by atoms with Crippen molar-refractivity contribution in [1.29, 1.82) is 0 Å². The van der Waals surface area contributed by atoms with E-state index in [1.54, 1.807) is 0 Å². The molecule has 0 fully saturated rings. The summed E-state index contributed by atoms with van der Waals surface area (Å²) in [5.74, 6) is -0.506. The molecule has 3 rings (SSSR count). The molecule has 1 heterocycles. The van der Waals surface area contributed by atoms with Crippen LogP contribution < -0.4 is 15.5 Å². The van der Waals surface area contributed by atoms with E-state index in [1.165, 1.54) is 32.3 Å². The zero-order valence-electron chi connectivity index (χ0n) is 16.7. The molecule has 30 heavy (non-hydrogen) atoms. The van der Waals surface area contributed by atoms with Crippen molar-refractivity contribution in [2.24, 2.45) is 0 Å². The highest BCUT2D eigenvalue weighted by atomic mass is 32.2. The van der Waals surface area contributed by atoms with E-state index < -0.39 is 15.8 Å². The molecule has 0 aliphatic rings. The standard InChI is InChI=1S/C19H23N5O5S/c1-4-14(13-9-6-5-7-10-13)20-18-19(24(26)29-22-18)21-15-11-8-12-16(17(15)25)30(27,28)23(2)3/h5-12,14,21,25H,4H2,1-3H3,(H,20,22)/t14-/m1/s1. The van der Waals surface area contributed by atoms with Crippen molar-refractivity contribution in [1.82, 2.24) is 9.46 Å². The van der Waals surface area contributed by atoms with Crippen molar-refractivity contribution in [2.45, 2.75) is 24.3 Å². The first-order valence-corrected chi connectivity index (χ1v) is 10.6. The third kappa shape index (κ3) is 4.16. The molecule has 11 heteroatoms. The number of phenols is 1. The number of aromatic nitrogens is 2. The zero-order valence-corrected chi connectivity index (χ0v) is 17.5. The number of hydrogen-bond acceptors (Lipinski definition) is 8. The number of aromatic hydroxyl groups is 1. The van der Waals surface area contributed by atoms with Gasteiger partial charge < -0.3 is 20.3 Å². The summed E-state index contributed by atoms with van der Waals surface area (Å²) in [4.78, 5) is -0.149. The van der Waals surface area contributed by atoms with Crippen LogP contribution in [-0.2, 0) is 10.0 Å². The third-order valence-corrected chi connectivity index (χ3v) is 6.39. The van der Waals surface area contributed by atoms with E-state index in [0.29, 0.717) is 6.42 Å². The van der Waals surface area contributed by atoms with E-state index in [2.05, 4.69) is 15.8 Å². The van der Waals surface area contributed by atoms with Gasteiger partial charge in [-0.1, -0.05) is 48.2 Å². The number of sulfonamides is 1. The highest BCUT2D eigenvalue weighted by molar-refractivity contribution is 7.89. The molecule has 10 nitrogen and oxygen atoms in total. The van der Waals surface area contributed by atoms with E-state index in [1.807, 2.05) is 37.3 Å². The Labute approximate surface area is 174 Å². The first kappa shape index (κ1) is 21.4. The molecular formula is C19H23N5O5S. The van der Waals surface area contributed by atoms with Crippen LogP contribution >= 0.6 is 0 Å². The Bertz CT molecular complexity index is 1120. The van der Waals surface area contributed by atoms with E-state index in [-0.39, 0.29) is 33.2 Å². The second-order valence-corrected chi connectivity index (χ2v) is 8.83. The molecule has 3 N–H and O–H groups in total. The van der Waals surface area contributed by atoms with Crippen LogP contribution in [0.2, 0.25) is 0 Å². The minimum Gasteiger partial charge on any atom is -0.503 e. The van der Waals surface area contributed by atoms with Gasteiger partial charge in [0.15, 0.2) is 5.75 Å². The van der Waals surface area contributed by atoms with E-state index in [9.17, 15) is 18.7 Å². The molecule has 3 aromatic rings. The summed E-state index contributed by atoms with van der Waals surface area (Å²) in [7, 11) is -1.17. The first-order valence-electron chi connectivity index (χ1n) is 9.18. The molecule has 0 radical (unpaired) electrons. The van der Waals surface area contributed by atoms with Gasteiger partial charge in [0.2, 0.25) is 10.0 Å². The highest BCUT2D eigenvalue weighted by Crippen LogP contribution is 2.35. The molecule has 0 saturated heterocycles. The van der Waals surface area contributed by atoms with Crippen LogP contribution in [0.15, 0.2) is 58.1 Å². The van der Waals surface area contributed by atoms with Crippen LogP contribution in [0.1, 0.15) is 24.9 Å². The highest BCUT2D eigenvalue weighted by Gasteiger charge is 2.27. The van der Waals surface area contributed by atoms with E-state index >= 15 is 0 Å². The normalized spacial score (nSPS) is 12.7. The molecule has 160 valence electrons. The summed E-state index contributed by atoms with van der Waals surface area (Å²) >= 11 is 0. The molecule has 0 saturated carbocycles. The maximum atomic E-state index is 12.4. The third-order valence-electron chi connectivity index (χ3n) is 4.54. The Hall–Kier alpha value is -3.31. The Morgan fingerprint density at radius 1 is 1.20 bits per heavy atom. The minimum absolute atomic E-state index is 0.0153. The SMILES string of the molecule is CC[C@@H](Nc1no[n+]([O-])c1Nc1cccc(S(=O)(=O)N(C)C)c1O)c1ccccc1. The van der Waals surface area contributed by atoms with Gasteiger partial charge in [-0.05, 0) is 29.3 Å². The fourth-order valence-electron chi connectivity index (χ4n) is 2.88. The zero-order chi connectivity index (χ0) is 21.9. The summed E-state index contributed by atoms with van der Waals surface area (Å²) in [6.07, 6.45) is 0.705. The number of rotatable bonds is 8. The van der Waals surface area contributed by atoms with Crippen molar-refractivity contribution in [3.8, 4) is 5.75 Å². The van der Waals surface area contributed by atoms with Gasteiger partial charge in [0, 0.05) is 14.1 Å². The van der Waals surface area contributed by atoms with Gasteiger partial charge in [0.05, 0.1) is 6.04 Å². The molecule has 0 unspecified atom stereocenters. The number of anilines is 3. The van der Waals surface area contributed by atoms with Gasteiger partial charge in [0.25, 0.3) is 5.82 Å². The van der Waals surface area contributed by atoms with Crippen molar-refractivity contribution in [3.05, 3.63) is 59.3 Å². The number of phenolic OH excluding ortho intramolecular Hbond substituents is 1. The fourth-order valence-corrected chi connectivity index (χ4v) is 3.87. The molecular weight excluding hydrogens is 410 g/mol. The van der Waals surface area contributed by atoms with Crippen LogP contribution in [0.25, 0.3) is 0 Å². The van der Waals surface area contributed by atoms with Crippen LogP contribution in [0.5, 0.6) is 5.75 Å². The van der Waals surface area contributed by atoms with Crippen molar-refractivity contribution < 1.29 is 23.1 Å². The predicted molar refractivity (Wildman–Crippen MR) is 111 cm³/mol. The maximum absolute atomic E-state index is 12.4. The number of para-hydroxylation sites is 1. The lowest BCUT2D eigenvalue weighted by molar-refractivity contribution is -0.790. The topological polar surface area (TPSA) is 135 Å². The van der Waals surface area contributed by atoms with Gasteiger partial charge in [-0.25, -0.2) is 12.7 Å². The van der Waals surface area contributed by atoms with Crippen molar-refractivity contribution in [2.75, 3.05) is 24.7 Å². The first-order chi connectivity index (χ1) is 14.3. The summed E-state index contributed by atoms with van der Waals surface area (Å²) in [5, 5.41) is 32.2. The molecule has 0 spiro atoms. The number of hydrogen-bond donors (Lipinski definition) is 3. The Morgan fingerprint density at radius 2 is 1.90 bits per heavy atom. The number of nitrogens with zero attached hydrogens (tertiary/aromatic N) is 3. The molecule has 0 bridgehead atoms. The lowest BCUT2D eigenvalue weighted by Gasteiger charge is -2.16. The van der Waals surface area contributed by atoms with Crippen LogP contribution in [-0.4, -0.2) is 37.1 Å². The van der Waals surface area contributed by atoms with Gasteiger partial charge in [-0.2, -0.15) is 0 Å². The summed E-state index contributed by atoms with van der Waals surface area (Å²) < 4.78 is 30.5. The Balaban J connectivity index is 1.93. The van der Waals surface area contributed by atoms with Crippen LogP contribution in [0.3, 0.4) is 0 Å². The van der Waals surface area contributed by atoms with Crippen molar-refractivity contribution in [3.63, 3.8) is 0 Å². The molecule has 0 aliphatic carbocycles. The Kier molecular flexibility index (Phi) is 6.13. The molecule has 0 amide bonds. The summed E-state index contributed by atoms with van der Waals surface area (Å²) in [5.41, 5.74) is 1.01. The lowest BCUT2D eigenvalue weighted by atomic mass is 10.0. The van der Waals surface area contributed by atoms with Gasteiger partial charge in [0.1, 0.15) is 10.6 Å². The molecule has 1 atom stereocenters. The average molecular weight is 433 g/mol. The summed E-state index contributed by atoms with van der Waals surface area (Å²) in [6.45, 7) is 1.98. The lowest BCUT2D eigenvalue weighted by Crippen LogP contribution is -2.27. The van der Waals surface area contributed by atoms with Crippen LogP contribution in [0, 0.1) is 5.21 Å². The number of nitrogens with one attached hydrogen (secondary N) is 2. The minimum atomic E-state index is -3.88. The average Bonchev–Trinajstić information content (AvgIpc) is 3.07. The molecule has 2 aromatic carbocycles. The fraction of sp³-hybridized carbons (Fsp3) is 0.263. The number of benzene rings is 2. The van der Waals surface area contributed by atoms with Gasteiger partial charge >= 0.3 is 5.82 Å². The maximum Gasteiger partial charge on any atom is 0.324 e. The monoisotopic (exact) mass is 433 g/mol. The second-order valence-electron chi connectivity index (χ2n) is 6.71. The van der Waals surface area contributed by atoms with Gasteiger partial charge in [-0.15, -0.1) is 0 Å². The van der Waals surface area contributed by atoms with E-state index in [4.69, 9.17) is 4.63 Å². The smallest absolute Gasteiger partial charge is 0.324 e. The largest absolute Gasteiger partial charge is 0.503 e. The second kappa shape index (κ2) is 8.59. The van der Waals surface area contributed by atoms with Gasteiger partial charge in [-0.3, -0.25) is 5.32 Å². The summed E-state index contributed by atoms with van der Waals surface area (Å²) in [6, 6.07) is 13.6. The predicted octanol–water partition coefficient (Wildman–Crippen LogP) is 2.57. The van der Waals surface area contributed by atoms with E-state index in [0.717, 1.165) is 9.87 Å². The Morgan fingerprint density at radius 3 is 2.53 bits per heavy atom. The molecule has 0 aliphatic heterocycles.